The Hall–Kier alpha value is -1.60. The maximum atomic E-state index is 10.8. The zero-order chi connectivity index (χ0) is 22.1. The summed E-state index contributed by atoms with van der Waals surface area (Å²) < 4.78 is 29.8. The van der Waals surface area contributed by atoms with Crippen molar-refractivity contribution in [2.24, 2.45) is 0 Å². The van der Waals surface area contributed by atoms with Crippen LogP contribution in [-0.2, 0) is 10.1 Å². The highest BCUT2D eigenvalue weighted by Gasteiger charge is 2.03. The molecule has 172 valence electrons. The Labute approximate surface area is 182 Å². The summed E-state index contributed by atoms with van der Waals surface area (Å²) in [7, 11) is -3.78. The zero-order valence-corrected chi connectivity index (χ0v) is 19.0. The molecule has 1 rings (SSSR count). The van der Waals surface area contributed by atoms with E-state index in [2.05, 4.69) is 5.32 Å². The van der Waals surface area contributed by atoms with Crippen LogP contribution >= 0.6 is 0 Å². The molecule has 0 spiro atoms. The number of nitrogens with one attached hydrogen (secondary N) is 1. The second kappa shape index (κ2) is 16.1. The van der Waals surface area contributed by atoms with Crippen LogP contribution in [0.2, 0.25) is 0 Å². The van der Waals surface area contributed by atoms with E-state index in [9.17, 15) is 13.2 Å². The Morgan fingerprint density at radius 1 is 0.700 bits per heavy atom. The summed E-state index contributed by atoms with van der Waals surface area (Å²) >= 11 is 0. The van der Waals surface area contributed by atoms with E-state index in [0.29, 0.717) is 12.0 Å². The lowest BCUT2D eigenvalue weighted by Crippen LogP contribution is -2.03. The number of aromatic carboxylic acids is 1. The molecule has 0 unspecified atom stereocenters. The average Bonchev–Trinajstić information content (AvgIpc) is 2.69. The molecule has 0 aliphatic heterocycles. The fourth-order valence-corrected chi connectivity index (χ4v) is 4.06. The number of carboxylic acid groups (broad SMARTS) is 1. The third-order valence-electron chi connectivity index (χ3n) is 5.29. The van der Waals surface area contributed by atoms with Gasteiger partial charge in [-0.2, -0.15) is 8.42 Å². The Bertz CT molecular complexity index is 673. The molecule has 30 heavy (non-hydrogen) atoms. The second-order valence-corrected chi connectivity index (χ2v) is 9.62. The highest BCUT2D eigenvalue weighted by molar-refractivity contribution is 7.85. The van der Waals surface area contributed by atoms with Crippen LogP contribution in [0.1, 0.15) is 100 Å². The van der Waals surface area contributed by atoms with E-state index in [1.54, 1.807) is 12.1 Å². The van der Waals surface area contributed by atoms with Gasteiger partial charge in [0, 0.05) is 12.2 Å². The lowest BCUT2D eigenvalue weighted by Gasteiger charge is -2.07. The van der Waals surface area contributed by atoms with Crippen molar-refractivity contribution >= 4 is 21.8 Å². The number of anilines is 1. The van der Waals surface area contributed by atoms with E-state index in [1.165, 1.54) is 57.8 Å². The van der Waals surface area contributed by atoms with Crippen molar-refractivity contribution < 1.29 is 22.9 Å². The number of unbranched alkanes of at least 4 members (excludes halogenated alkanes) is 13. The van der Waals surface area contributed by atoms with Crippen LogP contribution in [0.25, 0.3) is 0 Å². The number of carbonyl (C=O) groups is 1. The SMILES string of the molecule is O=C(O)c1ccc(NCCCCCCCCCCCCCCCCS(=O)(=O)O)cc1. The largest absolute Gasteiger partial charge is 0.478 e. The molecule has 0 heterocycles. The van der Waals surface area contributed by atoms with Gasteiger partial charge in [-0.3, -0.25) is 4.55 Å². The Balaban J connectivity index is 1.80. The number of carboxylic acids is 1. The minimum Gasteiger partial charge on any atom is -0.478 e. The summed E-state index contributed by atoms with van der Waals surface area (Å²) in [4.78, 5) is 10.8. The first-order chi connectivity index (χ1) is 14.4. The summed E-state index contributed by atoms with van der Waals surface area (Å²) in [5.74, 6) is -1.00. The van der Waals surface area contributed by atoms with Gasteiger partial charge in [-0.25, -0.2) is 4.79 Å². The Morgan fingerprint density at radius 2 is 1.10 bits per heavy atom. The van der Waals surface area contributed by atoms with Crippen LogP contribution in [0.15, 0.2) is 24.3 Å². The molecular weight excluding hydrogens is 402 g/mol. The molecule has 0 aliphatic carbocycles. The van der Waals surface area contributed by atoms with Gasteiger partial charge in [-0.05, 0) is 37.1 Å². The van der Waals surface area contributed by atoms with Crippen LogP contribution < -0.4 is 5.32 Å². The molecule has 0 fully saturated rings. The molecular formula is C23H39NO5S. The van der Waals surface area contributed by atoms with Crippen molar-refractivity contribution in [1.29, 1.82) is 0 Å². The lowest BCUT2D eigenvalue weighted by atomic mass is 10.0. The quantitative estimate of drug-likeness (QED) is 0.176. The van der Waals surface area contributed by atoms with E-state index < -0.39 is 16.1 Å². The molecule has 0 radical (unpaired) electrons. The molecule has 6 nitrogen and oxygen atoms in total. The van der Waals surface area contributed by atoms with E-state index in [0.717, 1.165) is 37.9 Å². The van der Waals surface area contributed by atoms with Gasteiger partial charge in [0.1, 0.15) is 0 Å². The van der Waals surface area contributed by atoms with E-state index >= 15 is 0 Å². The van der Waals surface area contributed by atoms with Gasteiger partial charge in [0.05, 0.1) is 11.3 Å². The van der Waals surface area contributed by atoms with Crippen molar-refractivity contribution in [2.45, 2.75) is 89.9 Å². The standard InChI is InChI=1S/C23H39NO5S/c25-23(26)21-15-17-22(18-16-21)24-19-13-11-9-7-5-3-1-2-4-6-8-10-12-14-20-30(27,28)29/h15-18,24H,1-14,19-20H2,(H,25,26)(H,27,28,29). The van der Waals surface area contributed by atoms with Crippen LogP contribution in [0, 0.1) is 0 Å². The number of benzene rings is 1. The Morgan fingerprint density at radius 3 is 1.50 bits per heavy atom. The van der Waals surface area contributed by atoms with Gasteiger partial charge in [0.2, 0.25) is 0 Å². The van der Waals surface area contributed by atoms with E-state index in [1.807, 2.05) is 12.1 Å². The summed E-state index contributed by atoms with van der Waals surface area (Å²) in [6.07, 6.45) is 16.2. The smallest absolute Gasteiger partial charge is 0.335 e. The molecule has 0 atom stereocenters. The molecule has 3 N–H and O–H groups in total. The van der Waals surface area contributed by atoms with Crippen LogP contribution in [0.4, 0.5) is 5.69 Å². The van der Waals surface area contributed by atoms with E-state index in [4.69, 9.17) is 9.66 Å². The van der Waals surface area contributed by atoms with Crippen molar-refractivity contribution in [3.05, 3.63) is 29.8 Å². The summed E-state index contributed by atoms with van der Waals surface area (Å²) in [5.41, 5.74) is 1.28. The maximum absolute atomic E-state index is 10.8. The van der Waals surface area contributed by atoms with Crippen LogP contribution in [0.5, 0.6) is 0 Å². The fraction of sp³-hybridized carbons (Fsp3) is 0.696. The molecule has 0 aromatic heterocycles. The van der Waals surface area contributed by atoms with Crippen LogP contribution in [-0.4, -0.2) is 36.3 Å². The maximum Gasteiger partial charge on any atom is 0.335 e. The first-order valence-corrected chi connectivity index (χ1v) is 13.0. The highest BCUT2D eigenvalue weighted by Crippen LogP contribution is 2.14. The average molecular weight is 442 g/mol. The lowest BCUT2D eigenvalue weighted by molar-refractivity contribution is 0.0697. The van der Waals surface area contributed by atoms with Crippen molar-refractivity contribution in [3.8, 4) is 0 Å². The van der Waals surface area contributed by atoms with Crippen LogP contribution in [0.3, 0.4) is 0 Å². The van der Waals surface area contributed by atoms with Gasteiger partial charge in [-0.1, -0.05) is 77.0 Å². The summed E-state index contributed by atoms with van der Waals surface area (Å²) in [5, 5.41) is 12.2. The van der Waals surface area contributed by atoms with Crippen molar-refractivity contribution in [2.75, 3.05) is 17.6 Å². The first kappa shape index (κ1) is 26.4. The third-order valence-corrected chi connectivity index (χ3v) is 6.09. The summed E-state index contributed by atoms with van der Waals surface area (Å²) in [6, 6.07) is 6.87. The molecule has 1 aromatic carbocycles. The van der Waals surface area contributed by atoms with Crippen molar-refractivity contribution in [3.63, 3.8) is 0 Å². The Kier molecular flexibility index (Phi) is 14.2. The predicted octanol–water partition coefficient (Wildman–Crippen LogP) is 6.15. The second-order valence-electron chi connectivity index (χ2n) is 8.05. The monoisotopic (exact) mass is 441 g/mol. The molecule has 1 aromatic rings. The summed E-state index contributed by atoms with van der Waals surface area (Å²) in [6.45, 7) is 0.919. The van der Waals surface area contributed by atoms with E-state index in [-0.39, 0.29) is 5.75 Å². The molecule has 7 heteroatoms. The topological polar surface area (TPSA) is 104 Å². The number of rotatable bonds is 19. The van der Waals surface area contributed by atoms with Gasteiger partial charge >= 0.3 is 5.97 Å². The first-order valence-electron chi connectivity index (χ1n) is 11.4. The molecule has 0 saturated heterocycles. The minimum absolute atomic E-state index is 0.105. The third kappa shape index (κ3) is 15.3. The zero-order valence-electron chi connectivity index (χ0n) is 18.2. The highest BCUT2D eigenvalue weighted by atomic mass is 32.2. The number of hydrogen-bond donors (Lipinski definition) is 3. The normalized spacial score (nSPS) is 11.5. The van der Waals surface area contributed by atoms with Gasteiger partial charge in [0.15, 0.2) is 0 Å². The molecule has 0 aliphatic rings. The number of hydrogen-bond acceptors (Lipinski definition) is 4. The minimum atomic E-state index is -3.78. The molecule has 0 bridgehead atoms. The fourth-order valence-electron chi connectivity index (χ4n) is 3.49. The predicted molar refractivity (Wildman–Crippen MR) is 123 cm³/mol. The van der Waals surface area contributed by atoms with Crippen molar-refractivity contribution in [1.82, 2.24) is 0 Å². The van der Waals surface area contributed by atoms with Gasteiger partial charge in [-0.15, -0.1) is 0 Å². The molecule has 0 saturated carbocycles. The molecule has 0 amide bonds. The van der Waals surface area contributed by atoms with Gasteiger partial charge < -0.3 is 10.4 Å². The van der Waals surface area contributed by atoms with Gasteiger partial charge in [0.25, 0.3) is 10.1 Å².